The minimum atomic E-state index is -4.14. The number of aryl methyl sites for hydroxylation is 2. The van der Waals surface area contributed by atoms with Crippen molar-refractivity contribution in [3.63, 3.8) is 0 Å². The number of sulfonamides is 1. The van der Waals surface area contributed by atoms with E-state index in [4.69, 9.17) is 11.6 Å². The average Bonchev–Trinajstić information content (AvgIpc) is 2.90. The third-order valence-electron chi connectivity index (χ3n) is 6.75. The lowest BCUT2D eigenvalue weighted by molar-refractivity contribution is -0.139. The number of benzene rings is 3. The van der Waals surface area contributed by atoms with Crippen LogP contribution in [-0.4, -0.2) is 43.8 Å². The van der Waals surface area contributed by atoms with Crippen molar-refractivity contribution in [1.29, 1.82) is 0 Å². The number of hydrogen-bond acceptors (Lipinski definition) is 4. The summed E-state index contributed by atoms with van der Waals surface area (Å²) in [5, 5.41) is 3.27. The van der Waals surface area contributed by atoms with E-state index in [0.29, 0.717) is 5.02 Å². The lowest BCUT2D eigenvalue weighted by Gasteiger charge is -2.32. The van der Waals surface area contributed by atoms with Gasteiger partial charge in [0.15, 0.2) is 0 Å². The molecular formula is C30H36ClN3O4S. The Bertz CT molecular complexity index is 1410. The van der Waals surface area contributed by atoms with E-state index in [2.05, 4.69) is 5.32 Å². The van der Waals surface area contributed by atoms with E-state index in [1.165, 1.54) is 23.1 Å². The van der Waals surface area contributed by atoms with E-state index in [1.54, 1.807) is 37.3 Å². The Labute approximate surface area is 236 Å². The summed E-state index contributed by atoms with van der Waals surface area (Å²) in [6, 6.07) is 19.5. The first-order valence-corrected chi connectivity index (χ1v) is 14.7. The van der Waals surface area contributed by atoms with Crippen LogP contribution in [0.3, 0.4) is 0 Å². The maximum Gasteiger partial charge on any atom is 0.264 e. The second kappa shape index (κ2) is 13.1. The van der Waals surface area contributed by atoms with Crippen LogP contribution in [0.1, 0.15) is 43.9 Å². The molecule has 0 saturated heterocycles. The number of carbonyl (C=O) groups is 2. The summed E-state index contributed by atoms with van der Waals surface area (Å²) >= 11 is 6.21. The fourth-order valence-electron chi connectivity index (χ4n) is 4.02. The first-order valence-electron chi connectivity index (χ1n) is 12.9. The number of hydrogen-bond donors (Lipinski definition) is 1. The molecule has 0 radical (unpaired) electrons. The molecule has 3 aromatic carbocycles. The van der Waals surface area contributed by atoms with Crippen molar-refractivity contribution in [1.82, 2.24) is 10.2 Å². The van der Waals surface area contributed by atoms with Crippen LogP contribution in [0.5, 0.6) is 0 Å². The van der Waals surface area contributed by atoms with E-state index in [-0.39, 0.29) is 29.1 Å². The van der Waals surface area contributed by atoms with Crippen molar-refractivity contribution >= 4 is 39.1 Å². The Balaban J connectivity index is 2.04. The molecule has 2 amide bonds. The van der Waals surface area contributed by atoms with Gasteiger partial charge < -0.3 is 10.2 Å². The molecule has 0 aliphatic heterocycles. The number of nitrogens with one attached hydrogen (secondary N) is 1. The van der Waals surface area contributed by atoms with E-state index in [0.717, 1.165) is 27.4 Å². The summed E-state index contributed by atoms with van der Waals surface area (Å²) in [7, 11) is -4.14. The quantitative estimate of drug-likeness (QED) is 0.331. The Kier molecular flexibility index (Phi) is 10.2. The van der Waals surface area contributed by atoms with Crippen LogP contribution in [0.15, 0.2) is 77.7 Å². The molecule has 0 aliphatic carbocycles. The number of amides is 2. The van der Waals surface area contributed by atoms with Crippen molar-refractivity contribution in [3.05, 3.63) is 94.5 Å². The van der Waals surface area contributed by atoms with Gasteiger partial charge in [0.1, 0.15) is 12.6 Å². The zero-order valence-corrected chi connectivity index (χ0v) is 24.6. The highest BCUT2D eigenvalue weighted by Crippen LogP contribution is 2.27. The second-order valence-electron chi connectivity index (χ2n) is 9.75. The Morgan fingerprint density at radius 2 is 1.62 bits per heavy atom. The van der Waals surface area contributed by atoms with Crippen LogP contribution >= 0.6 is 11.6 Å². The minimum absolute atomic E-state index is 0.0499. The summed E-state index contributed by atoms with van der Waals surface area (Å²) in [5.74, 6) is -0.817. The summed E-state index contributed by atoms with van der Waals surface area (Å²) in [6.07, 6.45) is 0.738. The molecule has 0 spiro atoms. The summed E-state index contributed by atoms with van der Waals surface area (Å²) in [6.45, 7) is 8.95. The first-order chi connectivity index (χ1) is 18.4. The van der Waals surface area contributed by atoms with Crippen molar-refractivity contribution in [2.24, 2.45) is 0 Å². The number of rotatable bonds is 11. The molecule has 0 heterocycles. The Hall–Kier alpha value is -3.36. The molecule has 1 N–H and O–H groups in total. The predicted octanol–water partition coefficient (Wildman–Crippen LogP) is 5.48. The SMILES string of the molecule is CC[C@@H](C)NC(=O)[C@H](C)N(Cc1ccccc1C)C(=O)CN(c1cccc(Cl)c1)S(=O)(=O)c1ccc(C)cc1. The van der Waals surface area contributed by atoms with Gasteiger partial charge in [0.25, 0.3) is 10.0 Å². The molecule has 0 bridgehead atoms. The monoisotopic (exact) mass is 569 g/mol. The summed E-state index contributed by atoms with van der Waals surface area (Å²) in [4.78, 5) is 28.6. The smallest absolute Gasteiger partial charge is 0.264 e. The third-order valence-corrected chi connectivity index (χ3v) is 8.78. The zero-order valence-electron chi connectivity index (χ0n) is 23.0. The van der Waals surface area contributed by atoms with Crippen molar-refractivity contribution in [2.45, 2.75) is 64.6 Å². The number of anilines is 1. The number of carbonyl (C=O) groups excluding carboxylic acids is 2. The van der Waals surface area contributed by atoms with E-state index in [1.807, 2.05) is 52.0 Å². The van der Waals surface area contributed by atoms with Crippen LogP contribution in [-0.2, 0) is 26.2 Å². The van der Waals surface area contributed by atoms with Gasteiger partial charge in [-0.25, -0.2) is 8.42 Å². The maximum absolute atomic E-state index is 14.0. The number of nitrogens with zero attached hydrogens (tertiary/aromatic N) is 2. The third kappa shape index (κ3) is 7.61. The van der Waals surface area contributed by atoms with Crippen LogP contribution in [0, 0.1) is 13.8 Å². The van der Waals surface area contributed by atoms with Crippen molar-refractivity contribution in [3.8, 4) is 0 Å². The van der Waals surface area contributed by atoms with Crippen molar-refractivity contribution in [2.75, 3.05) is 10.8 Å². The van der Waals surface area contributed by atoms with Gasteiger partial charge in [-0.15, -0.1) is 0 Å². The summed E-state index contributed by atoms with van der Waals surface area (Å²) in [5.41, 5.74) is 2.99. The molecule has 2 atom stereocenters. The average molecular weight is 570 g/mol. The van der Waals surface area contributed by atoms with Gasteiger partial charge in [0.05, 0.1) is 10.6 Å². The Morgan fingerprint density at radius 3 is 2.23 bits per heavy atom. The van der Waals surface area contributed by atoms with Gasteiger partial charge >= 0.3 is 0 Å². The number of halogens is 1. The molecule has 39 heavy (non-hydrogen) atoms. The highest BCUT2D eigenvalue weighted by atomic mass is 35.5. The minimum Gasteiger partial charge on any atom is -0.352 e. The Morgan fingerprint density at radius 1 is 0.949 bits per heavy atom. The van der Waals surface area contributed by atoms with Gasteiger partial charge in [0, 0.05) is 17.6 Å². The first kappa shape index (κ1) is 30.2. The highest BCUT2D eigenvalue weighted by Gasteiger charge is 2.33. The zero-order chi connectivity index (χ0) is 28.7. The highest BCUT2D eigenvalue weighted by molar-refractivity contribution is 7.92. The van der Waals surface area contributed by atoms with Crippen LogP contribution in [0.2, 0.25) is 5.02 Å². The van der Waals surface area contributed by atoms with Crippen molar-refractivity contribution < 1.29 is 18.0 Å². The molecule has 9 heteroatoms. The summed E-state index contributed by atoms with van der Waals surface area (Å²) < 4.78 is 28.7. The molecule has 0 fully saturated rings. The largest absolute Gasteiger partial charge is 0.352 e. The molecule has 0 aromatic heterocycles. The fourth-order valence-corrected chi connectivity index (χ4v) is 5.61. The predicted molar refractivity (Wildman–Crippen MR) is 156 cm³/mol. The van der Waals surface area contributed by atoms with Gasteiger partial charge in [-0.1, -0.05) is 66.6 Å². The van der Waals surface area contributed by atoms with Gasteiger partial charge in [-0.05, 0) is 75.6 Å². The van der Waals surface area contributed by atoms with Crippen LogP contribution in [0.25, 0.3) is 0 Å². The van der Waals surface area contributed by atoms with E-state index < -0.39 is 28.5 Å². The molecule has 0 aliphatic rings. The van der Waals surface area contributed by atoms with Gasteiger partial charge in [-0.2, -0.15) is 0 Å². The second-order valence-corrected chi connectivity index (χ2v) is 12.0. The molecule has 3 rings (SSSR count). The van der Waals surface area contributed by atoms with Gasteiger partial charge in [0.2, 0.25) is 11.8 Å². The maximum atomic E-state index is 14.0. The lowest BCUT2D eigenvalue weighted by atomic mass is 10.1. The normalized spacial score (nSPS) is 12.9. The van der Waals surface area contributed by atoms with Crippen LogP contribution in [0.4, 0.5) is 5.69 Å². The van der Waals surface area contributed by atoms with E-state index >= 15 is 0 Å². The molecular weight excluding hydrogens is 534 g/mol. The standard InChI is InChI=1S/C30H36ClN3O4S/c1-6-23(4)32-30(36)24(5)33(19-25-11-8-7-10-22(25)3)29(35)20-34(27-13-9-12-26(31)18-27)39(37,38)28-16-14-21(2)15-17-28/h7-18,23-24H,6,19-20H2,1-5H3,(H,32,36)/t23-,24+/m1/s1. The van der Waals surface area contributed by atoms with Gasteiger partial charge in [-0.3, -0.25) is 13.9 Å². The molecule has 3 aromatic rings. The van der Waals surface area contributed by atoms with Crippen LogP contribution < -0.4 is 9.62 Å². The lowest BCUT2D eigenvalue weighted by Crippen LogP contribution is -2.52. The fraction of sp³-hybridized carbons (Fsp3) is 0.333. The molecule has 0 unspecified atom stereocenters. The molecule has 0 saturated carbocycles. The molecule has 208 valence electrons. The van der Waals surface area contributed by atoms with E-state index in [9.17, 15) is 18.0 Å². The topological polar surface area (TPSA) is 86.8 Å². The molecule has 7 nitrogen and oxygen atoms in total.